The molecule has 1 atom stereocenters. The van der Waals surface area contributed by atoms with Crippen molar-refractivity contribution in [1.29, 1.82) is 0 Å². The predicted octanol–water partition coefficient (Wildman–Crippen LogP) is 4.61. The summed E-state index contributed by atoms with van der Waals surface area (Å²) in [6.45, 7) is 3.77. The average Bonchev–Trinajstić information content (AvgIpc) is 2.43. The summed E-state index contributed by atoms with van der Waals surface area (Å²) in [6.07, 6.45) is -0.413. The van der Waals surface area contributed by atoms with Gasteiger partial charge in [0, 0.05) is 16.3 Å². The Morgan fingerprint density at radius 1 is 1.05 bits per heavy atom. The summed E-state index contributed by atoms with van der Waals surface area (Å²) >= 11 is 3.36. The van der Waals surface area contributed by atoms with Crippen molar-refractivity contribution in [3.63, 3.8) is 0 Å². The van der Waals surface area contributed by atoms with E-state index in [1.807, 2.05) is 13.8 Å². The summed E-state index contributed by atoms with van der Waals surface area (Å²) in [5.41, 5.74) is 0.973. The molecule has 0 aliphatic heterocycles. The maximum atomic E-state index is 13.3. The van der Waals surface area contributed by atoms with Gasteiger partial charge in [0.2, 0.25) is 0 Å². The zero-order valence-corrected chi connectivity index (χ0v) is 13.5. The summed E-state index contributed by atoms with van der Waals surface area (Å²) in [5.74, 6) is -0.642. The Labute approximate surface area is 131 Å². The summed E-state index contributed by atoms with van der Waals surface area (Å²) in [5, 5.41) is 10.5. The summed E-state index contributed by atoms with van der Waals surface area (Å²) in [6, 6.07) is 10.5. The zero-order chi connectivity index (χ0) is 15.6. The lowest BCUT2D eigenvalue weighted by Crippen LogP contribution is -2.35. The molecule has 1 unspecified atom stereocenters. The third-order valence-electron chi connectivity index (χ3n) is 3.84. The minimum atomic E-state index is -0.721. The van der Waals surface area contributed by atoms with Crippen molar-refractivity contribution < 1.29 is 13.9 Å². The minimum Gasteiger partial charge on any atom is -0.392 e. The van der Waals surface area contributed by atoms with E-state index in [-0.39, 0.29) is 11.6 Å². The topological polar surface area (TPSA) is 20.2 Å². The van der Waals surface area contributed by atoms with Crippen LogP contribution in [0.2, 0.25) is 0 Å². The van der Waals surface area contributed by atoms with Crippen molar-refractivity contribution >= 4 is 15.9 Å². The van der Waals surface area contributed by atoms with Gasteiger partial charge in [-0.15, -0.1) is 0 Å². The highest BCUT2D eigenvalue weighted by Crippen LogP contribution is 2.31. The maximum Gasteiger partial charge on any atom is 0.123 e. The van der Waals surface area contributed by atoms with Crippen LogP contribution in [0.3, 0.4) is 0 Å². The molecule has 1 nitrogen and oxygen atoms in total. The lowest BCUT2D eigenvalue weighted by molar-refractivity contribution is 0.0997. The lowest BCUT2D eigenvalue weighted by Gasteiger charge is -2.31. The van der Waals surface area contributed by atoms with Gasteiger partial charge in [-0.2, -0.15) is 0 Å². The minimum absolute atomic E-state index is 0.308. The van der Waals surface area contributed by atoms with E-state index in [2.05, 4.69) is 15.9 Å². The van der Waals surface area contributed by atoms with E-state index in [9.17, 15) is 13.9 Å². The molecule has 0 saturated carbocycles. The molecule has 0 aliphatic carbocycles. The Bertz CT molecular complexity index is 623. The molecule has 0 aliphatic rings. The molecule has 0 aromatic heterocycles. The number of hydrogen-bond donors (Lipinski definition) is 1. The zero-order valence-electron chi connectivity index (χ0n) is 11.9. The molecule has 0 radical (unpaired) electrons. The number of halogens is 3. The van der Waals surface area contributed by atoms with E-state index in [0.717, 1.165) is 10.0 Å². The molecular weight excluding hydrogens is 338 g/mol. The van der Waals surface area contributed by atoms with Gasteiger partial charge >= 0.3 is 0 Å². The first-order valence-electron chi connectivity index (χ1n) is 6.69. The van der Waals surface area contributed by atoms with Crippen molar-refractivity contribution in [1.82, 2.24) is 0 Å². The fraction of sp³-hybridized carbons (Fsp3) is 0.294. The summed E-state index contributed by atoms with van der Waals surface area (Å²) in [7, 11) is 0. The normalized spacial score (nSPS) is 13.2. The number of hydrogen-bond acceptors (Lipinski definition) is 1. The van der Waals surface area contributed by atoms with Crippen LogP contribution in [0.1, 0.15) is 25.0 Å². The number of aliphatic hydroxyl groups is 1. The molecule has 4 heteroatoms. The SMILES string of the molecule is CC(C)(c1ccc(F)cc1)C(O)Cc1cc(F)ccc1Br. The van der Waals surface area contributed by atoms with Crippen molar-refractivity contribution in [2.45, 2.75) is 31.8 Å². The largest absolute Gasteiger partial charge is 0.392 e. The predicted molar refractivity (Wildman–Crippen MR) is 83.2 cm³/mol. The number of rotatable bonds is 4. The molecule has 2 aromatic rings. The molecule has 0 spiro atoms. The van der Waals surface area contributed by atoms with Crippen molar-refractivity contribution in [3.05, 3.63) is 69.7 Å². The molecule has 0 saturated heterocycles. The van der Waals surface area contributed by atoms with Crippen LogP contribution >= 0.6 is 15.9 Å². The van der Waals surface area contributed by atoms with Crippen LogP contribution < -0.4 is 0 Å². The first-order valence-corrected chi connectivity index (χ1v) is 7.48. The molecular formula is C17H17BrF2O. The van der Waals surface area contributed by atoms with Crippen molar-refractivity contribution in [2.75, 3.05) is 0 Å². The monoisotopic (exact) mass is 354 g/mol. The van der Waals surface area contributed by atoms with Crippen molar-refractivity contribution in [3.8, 4) is 0 Å². The second kappa shape index (κ2) is 6.24. The van der Waals surface area contributed by atoms with Crippen LogP contribution in [-0.2, 0) is 11.8 Å². The first-order chi connectivity index (χ1) is 9.80. The average molecular weight is 355 g/mol. The Balaban J connectivity index is 2.23. The lowest BCUT2D eigenvalue weighted by atomic mass is 9.77. The molecule has 0 bridgehead atoms. The summed E-state index contributed by atoms with van der Waals surface area (Å²) in [4.78, 5) is 0. The number of benzene rings is 2. The molecule has 1 N–H and O–H groups in total. The van der Waals surface area contributed by atoms with E-state index in [0.29, 0.717) is 12.0 Å². The van der Waals surface area contributed by atoms with Gasteiger partial charge in [0.05, 0.1) is 6.10 Å². The van der Waals surface area contributed by atoms with Crippen LogP contribution in [0.25, 0.3) is 0 Å². The van der Waals surface area contributed by atoms with Gasteiger partial charge in [-0.1, -0.05) is 41.9 Å². The van der Waals surface area contributed by atoms with Gasteiger partial charge in [0.15, 0.2) is 0 Å². The molecule has 112 valence electrons. The smallest absolute Gasteiger partial charge is 0.123 e. The third kappa shape index (κ3) is 3.69. The third-order valence-corrected chi connectivity index (χ3v) is 4.62. The maximum absolute atomic E-state index is 13.3. The van der Waals surface area contributed by atoms with E-state index in [1.54, 1.807) is 18.2 Å². The van der Waals surface area contributed by atoms with E-state index < -0.39 is 11.5 Å². The second-order valence-electron chi connectivity index (χ2n) is 5.68. The molecule has 0 fully saturated rings. The quantitative estimate of drug-likeness (QED) is 0.849. The molecule has 21 heavy (non-hydrogen) atoms. The standard InChI is InChI=1S/C17H17BrF2O/c1-17(2,12-3-5-13(19)6-4-12)16(21)10-11-9-14(20)7-8-15(11)18/h3-9,16,21H,10H2,1-2H3. The van der Waals surface area contributed by atoms with Gasteiger partial charge in [0.1, 0.15) is 11.6 Å². The van der Waals surface area contributed by atoms with E-state index in [4.69, 9.17) is 0 Å². The van der Waals surface area contributed by atoms with Crippen LogP contribution in [-0.4, -0.2) is 11.2 Å². The molecule has 2 rings (SSSR count). The molecule has 0 amide bonds. The second-order valence-corrected chi connectivity index (χ2v) is 6.54. The van der Waals surface area contributed by atoms with Gasteiger partial charge < -0.3 is 5.11 Å². The van der Waals surface area contributed by atoms with Crippen molar-refractivity contribution in [2.24, 2.45) is 0 Å². The van der Waals surface area contributed by atoms with Gasteiger partial charge in [-0.25, -0.2) is 8.78 Å². The molecule has 2 aromatic carbocycles. The Hall–Kier alpha value is -1.26. The van der Waals surface area contributed by atoms with Gasteiger partial charge in [-0.3, -0.25) is 0 Å². The Morgan fingerprint density at radius 3 is 2.24 bits per heavy atom. The summed E-state index contributed by atoms with van der Waals surface area (Å²) < 4.78 is 27.1. The van der Waals surface area contributed by atoms with Crippen LogP contribution in [0.5, 0.6) is 0 Å². The van der Waals surface area contributed by atoms with E-state index in [1.165, 1.54) is 24.3 Å². The molecule has 0 heterocycles. The highest BCUT2D eigenvalue weighted by Gasteiger charge is 2.30. The fourth-order valence-corrected chi connectivity index (χ4v) is 2.64. The van der Waals surface area contributed by atoms with Crippen LogP contribution in [0, 0.1) is 11.6 Å². The van der Waals surface area contributed by atoms with E-state index >= 15 is 0 Å². The Kier molecular flexibility index (Phi) is 4.79. The van der Waals surface area contributed by atoms with Crippen LogP contribution in [0.15, 0.2) is 46.9 Å². The first kappa shape index (κ1) is 16.1. The van der Waals surface area contributed by atoms with Gasteiger partial charge in [0.25, 0.3) is 0 Å². The van der Waals surface area contributed by atoms with Crippen LogP contribution in [0.4, 0.5) is 8.78 Å². The highest BCUT2D eigenvalue weighted by atomic mass is 79.9. The highest BCUT2D eigenvalue weighted by molar-refractivity contribution is 9.10. The fourth-order valence-electron chi connectivity index (χ4n) is 2.24. The number of aliphatic hydroxyl groups excluding tert-OH is 1. The van der Waals surface area contributed by atoms with Gasteiger partial charge in [-0.05, 0) is 41.5 Å². The Morgan fingerprint density at radius 2 is 1.62 bits per heavy atom.